The van der Waals surface area contributed by atoms with Gasteiger partial charge in [-0.05, 0) is 81.7 Å². The van der Waals surface area contributed by atoms with Crippen LogP contribution in [0.2, 0.25) is 5.02 Å². The Kier molecular flexibility index (Phi) is 6.73. The number of methoxy groups -OCH3 is 1. The first-order valence-electron chi connectivity index (χ1n) is 10.8. The molecule has 1 aromatic heterocycles. The molecule has 4 nitrogen and oxygen atoms in total. The molecule has 5 heteroatoms. The summed E-state index contributed by atoms with van der Waals surface area (Å²) in [5, 5.41) is 6.59. The number of nitrogens with one attached hydrogen (secondary N) is 1. The van der Waals surface area contributed by atoms with Crippen molar-refractivity contribution >= 4 is 39.1 Å². The van der Waals surface area contributed by atoms with Crippen LogP contribution in [0, 0.1) is 0 Å². The summed E-state index contributed by atoms with van der Waals surface area (Å²) >= 11 is 6.21. The van der Waals surface area contributed by atoms with E-state index in [-0.39, 0.29) is 0 Å². The quantitative estimate of drug-likeness (QED) is 0.358. The average Bonchev–Trinajstić information content (AvgIpc) is 2.75. The molecule has 1 aliphatic heterocycles. The largest absolute Gasteiger partial charge is 0.497 e. The van der Waals surface area contributed by atoms with Crippen LogP contribution in [-0.2, 0) is 0 Å². The summed E-state index contributed by atoms with van der Waals surface area (Å²) in [6.45, 7) is 4.78. The third-order valence-electron chi connectivity index (χ3n) is 5.84. The summed E-state index contributed by atoms with van der Waals surface area (Å²) in [5.74, 6) is 0.845. The number of hydrogen-bond acceptors (Lipinski definition) is 4. The van der Waals surface area contributed by atoms with Gasteiger partial charge in [-0.2, -0.15) is 0 Å². The molecule has 1 aliphatic rings. The highest BCUT2D eigenvalue weighted by molar-refractivity contribution is 6.31. The van der Waals surface area contributed by atoms with Crippen LogP contribution in [-0.4, -0.2) is 43.2 Å². The Hall–Kier alpha value is -2.04. The monoisotopic (exact) mass is 411 g/mol. The Morgan fingerprint density at radius 3 is 2.66 bits per heavy atom. The molecule has 0 saturated carbocycles. The minimum Gasteiger partial charge on any atom is -0.497 e. The first-order chi connectivity index (χ1) is 14.2. The number of likely N-dealkylation sites (tertiary alicyclic amines) is 1. The number of ether oxygens (including phenoxy) is 1. The fourth-order valence-electron chi connectivity index (χ4n) is 4.25. The molecule has 4 rings (SSSR count). The van der Waals surface area contributed by atoms with E-state index in [0.29, 0.717) is 5.02 Å². The van der Waals surface area contributed by atoms with Crippen LogP contribution in [0.4, 0.5) is 5.69 Å². The standard InChI is InChI=1S/C24H30ClN3O/c1-29-19-9-11-22-21(17-19)24(20-10-8-18(25)16-23(20)27-22)26-12-4-2-5-13-28-14-6-3-7-15-28/h8-11,16-17H,2-7,12-15H2,1H3,(H,26,27). The molecule has 3 aromatic rings. The Morgan fingerprint density at radius 2 is 1.83 bits per heavy atom. The van der Waals surface area contributed by atoms with Crippen molar-refractivity contribution in [2.75, 3.05) is 38.6 Å². The third kappa shape index (κ3) is 4.93. The number of hydrogen-bond donors (Lipinski definition) is 1. The maximum atomic E-state index is 6.21. The normalized spacial score (nSPS) is 15.1. The number of nitrogens with zero attached hydrogens (tertiary/aromatic N) is 2. The number of benzene rings is 2. The van der Waals surface area contributed by atoms with Gasteiger partial charge in [0.15, 0.2) is 0 Å². The van der Waals surface area contributed by atoms with Crippen LogP contribution in [0.5, 0.6) is 5.75 Å². The van der Waals surface area contributed by atoms with Crippen molar-refractivity contribution in [1.82, 2.24) is 9.88 Å². The van der Waals surface area contributed by atoms with Gasteiger partial charge in [0, 0.05) is 22.3 Å². The van der Waals surface area contributed by atoms with Gasteiger partial charge in [0.25, 0.3) is 0 Å². The number of rotatable bonds is 8. The summed E-state index contributed by atoms with van der Waals surface area (Å²) in [7, 11) is 1.70. The zero-order valence-electron chi connectivity index (χ0n) is 17.2. The topological polar surface area (TPSA) is 37.4 Å². The minimum atomic E-state index is 0.710. The van der Waals surface area contributed by atoms with E-state index in [2.05, 4.69) is 22.3 Å². The summed E-state index contributed by atoms with van der Waals surface area (Å²) in [5.41, 5.74) is 2.99. The van der Waals surface area contributed by atoms with Crippen LogP contribution in [0.15, 0.2) is 36.4 Å². The highest BCUT2D eigenvalue weighted by Gasteiger charge is 2.11. The van der Waals surface area contributed by atoms with Gasteiger partial charge < -0.3 is 15.0 Å². The minimum absolute atomic E-state index is 0.710. The molecule has 0 unspecified atom stereocenters. The molecule has 154 valence electrons. The molecular weight excluding hydrogens is 382 g/mol. The van der Waals surface area contributed by atoms with Gasteiger partial charge in [-0.3, -0.25) is 0 Å². The van der Waals surface area contributed by atoms with Gasteiger partial charge in [-0.25, -0.2) is 4.98 Å². The highest BCUT2D eigenvalue weighted by Crippen LogP contribution is 2.34. The van der Waals surface area contributed by atoms with E-state index in [1.807, 2.05) is 24.3 Å². The molecule has 2 aromatic carbocycles. The lowest BCUT2D eigenvalue weighted by molar-refractivity contribution is 0.224. The van der Waals surface area contributed by atoms with Crippen LogP contribution in [0.25, 0.3) is 21.8 Å². The first-order valence-corrected chi connectivity index (χ1v) is 11.2. The Morgan fingerprint density at radius 1 is 0.966 bits per heavy atom. The number of piperidine rings is 1. The van der Waals surface area contributed by atoms with Crippen LogP contribution >= 0.6 is 11.6 Å². The van der Waals surface area contributed by atoms with Crippen molar-refractivity contribution in [2.24, 2.45) is 0 Å². The maximum Gasteiger partial charge on any atom is 0.119 e. The van der Waals surface area contributed by atoms with Gasteiger partial charge in [-0.15, -0.1) is 0 Å². The molecule has 29 heavy (non-hydrogen) atoms. The number of fused-ring (bicyclic) bond motifs is 2. The van der Waals surface area contributed by atoms with Crippen molar-refractivity contribution in [3.8, 4) is 5.75 Å². The van der Waals surface area contributed by atoms with Crippen LogP contribution in [0.1, 0.15) is 38.5 Å². The maximum absolute atomic E-state index is 6.21. The van der Waals surface area contributed by atoms with Crippen molar-refractivity contribution in [3.63, 3.8) is 0 Å². The molecule has 2 heterocycles. The fourth-order valence-corrected chi connectivity index (χ4v) is 4.41. The summed E-state index contributed by atoms with van der Waals surface area (Å²) in [4.78, 5) is 7.42. The van der Waals surface area contributed by atoms with E-state index in [4.69, 9.17) is 21.3 Å². The highest BCUT2D eigenvalue weighted by atomic mass is 35.5. The molecule has 0 aliphatic carbocycles. The second-order valence-electron chi connectivity index (χ2n) is 7.92. The van der Waals surface area contributed by atoms with Crippen molar-refractivity contribution < 1.29 is 4.74 Å². The molecule has 1 N–H and O–H groups in total. The molecule has 1 fully saturated rings. The van der Waals surface area contributed by atoms with Crippen LogP contribution in [0.3, 0.4) is 0 Å². The molecule has 0 bridgehead atoms. The van der Waals surface area contributed by atoms with Gasteiger partial charge in [0.2, 0.25) is 0 Å². The van der Waals surface area contributed by atoms with E-state index in [1.54, 1.807) is 7.11 Å². The van der Waals surface area contributed by atoms with Crippen molar-refractivity contribution in [1.29, 1.82) is 0 Å². The average molecular weight is 412 g/mol. The molecule has 0 spiro atoms. The third-order valence-corrected chi connectivity index (χ3v) is 6.08. The van der Waals surface area contributed by atoms with E-state index in [1.165, 1.54) is 51.7 Å². The van der Waals surface area contributed by atoms with Gasteiger partial charge in [0.1, 0.15) is 5.75 Å². The lowest BCUT2D eigenvalue weighted by Gasteiger charge is -2.26. The number of halogens is 1. The van der Waals surface area contributed by atoms with E-state index in [9.17, 15) is 0 Å². The van der Waals surface area contributed by atoms with Crippen molar-refractivity contribution in [2.45, 2.75) is 38.5 Å². The zero-order chi connectivity index (χ0) is 20.1. The van der Waals surface area contributed by atoms with Gasteiger partial charge in [0.05, 0.1) is 23.8 Å². The Balaban J connectivity index is 1.45. The van der Waals surface area contributed by atoms with Crippen LogP contribution < -0.4 is 10.1 Å². The van der Waals surface area contributed by atoms with Gasteiger partial charge >= 0.3 is 0 Å². The molecule has 0 atom stereocenters. The van der Waals surface area contributed by atoms with Crippen molar-refractivity contribution in [3.05, 3.63) is 41.4 Å². The molecule has 0 radical (unpaired) electrons. The summed E-state index contributed by atoms with van der Waals surface area (Å²) in [6.07, 6.45) is 7.85. The Bertz CT molecular complexity index is 969. The number of unbranched alkanes of at least 4 members (excludes halogenated alkanes) is 2. The Labute approximate surface area is 178 Å². The summed E-state index contributed by atoms with van der Waals surface area (Å²) < 4.78 is 5.44. The predicted molar refractivity (Wildman–Crippen MR) is 123 cm³/mol. The SMILES string of the molecule is COc1ccc2nc3cc(Cl)ccc3c(NCCCCCN3CCCCC3)c2c1. The van der Waals surface area contributed by atoms with E-state index >= 15 is 0 Å². The predicted octanol–water partition coefficient (Wildman–Crippen LogP) is 6.12. The number of anilines is 1. The lowest BCUT2D eigenvalue weighted by atomic mass is 10.1. The summed E-state index contributed by atoms with van der Waals surface area (Å²) in [6, 6.07) is 12.0. The fraction of sp³-hybridized carbons (Fsp3) is 0.458. The number of aromatic nitrogens is 1. The van der Waals surface area contributed by atoms with Gasteiger partial charge in [-0.1, -0.05) is 24.4 Å². The zero-order valence-corrected chi connectivity index (χ0v) is 18.0. The van der Waals surface area contributed by atoms with E-state index in [0.717, 1.165) is 46.2 Å². The second-order valence-corrected chi connectivity index (χ2v) is 8.36. The molecular formula is C24H30ClN3O. The number of pyridine rings is 1. The molecule has 0 amide bonds. The first kappa shape index (κ1) is 20.2. The molecule has 1 saturated heterocycles. The van der Waals surface area contributed by atoms with E-state index < -0.39 is 0 Å². The lowest BCUT2D eigenvalue weighted by Crippen LogP contribution is -2.30. The second kappa shape index (κ2) is 9.64. The smallest absolute Gasteiger partial charge is 0.119 e.